The highest BCUT2D eigenvalue weighted by atomic mass is 127. The quantitative estimate of drug-likeness (QED) is 0.343. The molecule has 0 bridgehead atoms. The van der Waals surface area contributed by atoms with Gasteiger partial charge < -0.3 is 10.6 Å². The second kappa shape index (κ2) is 9.52. The molecule has 3 aromatic rings. The number of thiazole rings is 1. The number of aromatic nitrogens is 3. The highest BCUT2D eigenvalue weighted by molar-refractivity contribution is 14.0. The number of nitrogens with one attached hydrogen (secondary N) is 2. The number of nitrogens with zero attached hydrogens (tertiary/aromatic N) is 4. The molecule has 0 aliphatic rings. The van der Waals surface area contributed by atoms with E-state index in [2.05, 4.69) is 56.9 Å². The van der Waals surface area contributed by atoms with Crippen molar-refractivity contribution in [3.05, 3.63) is 64.4 Å². The molecule has 6 nitrogen and oxygen atoms in total. The maximum Gasteiger partial charge on any atom is 0.191 e. The van der Waals surface area contributed by atoms with E-state index in [1.165, 1.54) is 10.4 Å². The number of guanidine groups is 1. The van der Waals surface area contributed by atoms with Crippen LogP contribution >= 0.6 is 35.3 Å². The van der Waals surface area contributed by atoms with Crippen LogP contribution in [0.1, 0.15) is 15.4 Å². The molecule has 0 saturated heterocycles. The zero-order valence-electron chi connectivity index (χ0n) is 14.1. The van der Waals surface area contributed by atoms with E-state index in [0.717, 1.165) is 16.7 Å². The van der Waals surface area contributed by atoms with E-state index in [-0.39, 0.29) is 24.0 Å². The summed E-state index contributed by atoms with van der Waals surface area (Å²) in [4.78, 5) is 9.79. The van der Waals surface area contributed by atoms with Crippen LogP contribution in [0.5, 0.6) is 0 Å². The molecule has 25 heavy (non-hydrogen) atoms. The Morgan fingerprint density at radius 3 is 2.56 bits per heavy atom. The molecule has 0 aliphatic carbocycles. The molecule has 0 spiro atoms. The minimum absolute atomic E-state index is 0. The minimum Gasteiger partial charge on any atom is -0.352 e. The monoisotopic (exact) mass is 468 g/mol. The first-order chi connectivity index (χ1) is 11.7. The Morgan fingerprint density at radius 2 is 1.96 bits per heavy atom. The van der Waals surface area contributed by atoms with Crippen LogP contribution in [0, 0.1) is 6.92 Å². The van der Waals surface area contributed by atoms with Gasteiger partial charge in [-0.3, -0.25) is 4.99 Å². The fourth-order valence-corrected chi connectivity index (χ4v) is 2.96. The van der Waals surface area contributed by atoms with E-state index >= 15 is 0 Å². The molecule has 0 atom stereocenters. The lowest BCUT2D eigenvalue weighted by molar-refractivity contribution is 0.804. The topological polar surface area (TPSA) is 67.1 Å². The first kappa shape index (κ1) is 19.4. The summed E-state index contributed by atoms with van der Waals surface area (Å²) in [5, 5.41) is 11.9. The van der Waals surface area contributed by atoms with Gasteiger partial charge in [-0.05, 0) is 30.7 Å². The van der Waals surface area contributed by atoms with Crippen molar-refractivity contribution in [2.45, 2.75) is 20.0 Å². The average Bonchev–Trinajstić information content (AvgIpc) is 3.27. The second-order valence-corrected chi connectivity index (χ2v) is 6.58. The SMILES string of the molecule is CN=C(NCc1ccc(-n2cccn2)cc1)NCc1ncc(C)s1.I. The van der Waals surface area contributed by atoms with Crippen molar-refractivity contribution in [1.82, 2.24) is 25.4 Å². The molecule has 0 radical (unpaired) electrons. The third kappa shape index (κ3) is 5.53. The Balaban J connectivity index is 0.00000225. The molecule has 0 amide bonds. The van der Waals surface area contributed by atoms with Gasteiger partial charge in [-0.15, -0.1) is 35.3 Å². The highest BCUT2D eigenvalue weighted by Crippen LogP contribution is 2.10. The van der Waals surface area contributed by atoms with Crippen molar-refractivity contribution >= 4 is 41.3 Å². The molecule has 8 heteroatoms. The van der Waals surface area contributed by atoms with Gasteiger partial charge in [0.2, 0.25) is 0 Å². The van der Waals surface area contributed by atoms with Gasteiger partial charge >= 0.3 is 0 Å². The van der Waals surface area contributed by atoms with Gasteiger partial charge in [-0.2, -0.15) is 5.10 Å². The van der Waals surface area contributed by atoms with Gasteiger partial charge in [0.15, 0.2) is 5.96 Å². The molecular formula is C17H21IN6S. The molecular weight excluding hydrogens is 447 g/mol. The third-order valence-corrected chi connectivity index (χ3v) is 4.38. The fourth-order valence-electron chi connectivity index (χ4n) is 2.24. The maximum absolute atomic E-state index is 4.34. The lowest BCUT2D eigenvalue weighted by Crippen LogP contribution is -2.36. The zero-order valence-corrected chi connectivity index (χ0v) is 17.3. The van der Waals surface area contributed by atoms with Gasteiger partial charge in [-0.1, -0.05) is 12.1 Å². The van der Waals surface area contributed by atoms with E-state index in [1.807, 2.05) is 23.1 Å². The van der Waals surface area contributed by atoms with Crippen molar-refractivity contribution in [3.8, 4) is 5.69 Å². The molecule has 0 saturated carbocycles. The largest absolute Gasteiger partial charge is 0.352 e. The summed E-state index contributed by atoms with van der Waals surface area (Å²) in [5.41, 5.74) is 2.23. The van der Waals surface area contributed by atoms with Crippen molar-refractivity contribution in [2.24, 2.45) is 4.99 Å². The van der Waals surface area contributed by atoms with Crippen molar-refractivity contribution < 1.29 is 0 Å². The number of benzene rings is 1. The van der Waals surface area contributed by atoms with E-state index in [0.29, 0.717) is 13.1 Å². The summed E-state index contributed by atoms with van der Waals surface area (Å²) in [6.45, 7) is 3.44. The summed E-state index contributed by atoms with van der Waals surface area (Å²) in [5.74, 6) is 0.763. The summed E-state index contributed by atoms with van der Waals surface area (Å²) in [7, 11) is 1.77. The Hall–Kier alpha value is -1.94. The van der Waals surface area contributed by atoms with Crippen LogP contribution in [0.4, 0.5) is 0 Å². The maximum atomic E-state index is 4.34. The van der Waals surface area contributed by atoms with Gasteiger partial charge in [0.05, 0.1) is 12.2 Å². The van der Waals surface area contributed by atoms with Gasteiger partial charge in [0.25, 0.3) is 0 Å². The lowest BCUT2D eigenvalue weighted by atomic mass is 10.2. The van der Waals surface area contributed by atoms with E-state index in [1.54, 1.807) is 24.6 Å². The summed E-state index contributed by atoms with van der Waals surface area (Å²) < 4.78 is 1.84. The second-order valence-electron chi connectivity index (χ2n) is 5.26. The van der Waals surface area contributed by atoms with E-state index in [4.69, 9.17) is 0 Å². The van der Waals surface area contributed by atoms with Crippen LogP contribution in [0.25, 0.3) is 5.69 Å². The molecule has 1 aromatic carbocycles. The standard InChI is InChI=1S/C17H20N6S.HI/c1-13-10-19-16(24-13)12-21-17(18-2)20-11-14-4-6-15(7-5-14)23-9-3-8-22-23;/h3-10H,11-12H2,1-2H3,(H2,18,20,21);1H. The first-order valence-corrected chi connectivity index (χ1v) is 8.51. The molecule has 0 aliphatic heterocycles. The molecule has 2 heterocycles. The number of hydrogen-bond acceptors (Lipinski definition) is 4. The van der Waals surface area contributed by atoms with Crippen LogP contribution in [-0.2, 0) is 13.1 Å². The first-order valence-electron chi connectivity index (χ1n) is 7.69. The van der Waals surface area contributed by atoms with Crippen LogP contribution in [0.15, 0.2) is 53.9 Å². The van der Waals surface area contributed by atoms with Crippen molar-refractivity contribution in [2.75, 3.05) is 7.05 Å². The number of halogens is 1. The fraction of sp³-hybridized carbons (Fsp3) is 0.235. The molecule has 0 unspecified atom stereocenters. The third-order valence-electron chi connectivity index (χ3n) is 3.47. The van der Waals surface area contributed by atoms with Crippen LogP contribution in [0.2, 0.25) is 0 Å². The van der Waals surface area contributed by atoms with Gasteiger partial charge in [0, 0.05) is 37.1 Å². The van der Waals surface area contributed by atoms with E-state index in [9.17, 15) is 0 Å². The lowest BCUT2D eigenvalue weighted by Gasteiger charge is -2.11. The molecule has 132 valence electrons. The average molecular weight is 468 g/mol. The van der Waals surface area contributed by atoms with Gasteiger partial charge in [-0.25, -0.2) is 9.67 Å². The van der Waals surface area contributed by atoms with Gasteiger partial charge in [0.1, 0.15) is 5.01 Å². The Bertz CT molecular complexity index is 795. The molecule has 2 aromatic heterocycles. The number of aryl methyl sites for hydroxylation is 1. The number of rotatable bonds is 5. The highest BCUT2D eigenvalue weighted by Gasteiger charge is 2.02. The molecule has 2 N–H and O–H groups in total. The van der Waals surface area contributed by atoms with Crippen molar-refractivity contribution in [3.63, 3.8) is 0 Å². The number of hydrogen-bond donors (Lipinski definition) is 2. The molecule has 3 rings (SSSR count). The summed E-state index contributed by atoms with van der Waals surface area (Å²) in [6, 6.07) is 10.2. The molecule has 0 fully saturated rings. The normalized spacial score (nSPS) is 11.0. The number of aliphatic imine (C=N–C) groups is 1. The van der Waals surface area contributed by atoms with Crippen LogP contribution in [0.3, 0.4) is 0 Å². The predicted molar refractivity (Wildman–Crippen MR) is 113 cm³/mol. The zero-order chi connectivity index (χ0) is 16.8. The Labute approximate surface area is 168 Å². The van der Waals surface area contributed by atoms with Crippen molar-refractivity contribution in [1.29, 1.82) is 0 Å². The predicted octanol–water partition coefficient (Wildman–Crippen LogP) is 3.12. The summed E-state index contributed by atoms with van der Waals surface area (Å²) >= 11 is 1.69. The summed E-state index contributed by atoms with van der Waals surface area (Å²) in [6.07, 6.45) is 5.59. The van der Waals surface area contributed by atoms with Crippen LogP contribution < -0.4 is 10.6 Å². The Kier molecular flexibility index (Phi) is 7.38. The van der Waals surface area contributed by atoms with Crippen LogP contribution in [-0.4, -0.2) is 27.8 Å². The minimum atomic E-state index is 0. The Morgan fingerprint density at radius 1 is 1.20 bits per heavy atom. The van der Waals surface area contributed by atoms with E-state index < -0.39 is 0 Å². The smallest absolute Gasteiger partial charge is 0.191 e.